The zero-order valence-corrected chi connectivity index (χ0v) is 11.1. The molecule has 1 aromatic rings. The Kier molecular flexibility index (Phi) is 7.63. The van der Waals surface area contributed by atoms with Crippen molar-refractivity contribution in [3.8, 4) is 5.75 Å². The highest BCUT2D eigenvalue weighted by molar-refractivity contribution is 6.30. The molecule has 0 bridgehead atoms. The Bertz CT molecular complexity index is 252. The van der Waals surface area contributed by atoms with Crippen LogP contribution in [0.25, 0.3) is 0 Å². The zero-order valence-electron chi connectivity index (χ0n) is 9.63. The summed E-state index contributed by atoms with van der Waals surface area (Å²) in [4.78, 5) is 0. The van der Waals surface area contributed by atoms with Crippen molar-refractivity contribution in [1.82, 2.24) is 0 Å². The van der Waals surface area contributed by atoms with E-state index < -0.39 is 0 Å². The highest BCUT2D eigenvalue weighted by atomic mass is 35.5. The fourth-order valence-electron chi connectivity index (χ4n) is 0.785. The molecule has 1 aromatic carbocycles. The van der Waals surface area contributed by atoms with Gasteiger partial charge in [-0.15, -0.1) is 11.6 Å². The Hall–Kier alpha value is -0.400. The molecule has 1 nitrogen and oxygen atoms in total. The molecule has 1 rings (SSSR count). The number of benzene rings is 1. The van der Waals surface area contributed by atoms with Crippen molar-refractivity contribution in [3.05, 3.63) is 29.3 Å². The maximum absolute atomic E-state index is 5.69. The lowest BCUT2D eigenvalue weighted by Crippen LogP contribution is -2.04. The first-order valence-electron chi connectivity index (χ1n) is 4.98. The molecule has 0 saturated carbocycles. The van der Waals surface area contributed by atoms with Crippen molar-refractivity contribution in [2.75, 3.05) is 0 Å². The molecule has 0 spiro atoms. The molecule has 15 heavy (non-hydrogen) atoms. The van der Waals surface area contributed by atoms with E-state index in [-0.39, 0.29) is 6.10 Å². The minimum Gasteiger partial charge on any atom is -0.491 e. The van der Waals surface area contributed by atoms with Crippen molar-refractivity contribution in [1.29, 1.82) is 0 Å². The third-order valence-corrected chi connectivity index (χ3v) is 1.44. The summed E-state index contributed by atoms with van der Waals surface area (Å²) < 4.78 is 5.41. The maximum Gasteiger partial charge on any atom is 0.119 e. The molecule has 0 atom stereocenters. The molecule has 0 aliphatic heterocycles. The smallest absolute Gasteiger partial charge is 0.119 e. The van der Waals surface area contributed by atoms with Crippen molar-refractivity contribution in [2.24, 2.45) is 0 Å². The normalized spacial score (nSPS) is 9.87. The van der Waals surface area contributed by atoms with Gasteiger partial charge in [0.15, 0.2) is 0 Å². The molecular weight excluding hydrogens is 231 g/mol. The lowest BCUT2D eigenvalue weighted by atomic mass is 10.3. The van der Waals surface area contributed by atoms with Crippen LogP contribution in [-0.2, 0) is 0 Å². The molecular formula is C12H18Cl2O. The van der Waals surface area contributed by atoms with Crippen LogP contribution < -0.4 is 4.74 Å². The Morgan fingerprint density at radius 2 is 1.40 bits per heavy atom. The number of hydrogen-bond acceptors (Lipinski definition) is 1. The number of halogens is 2. The molecule has 0 radical (unpaired) electrons. The van der Waals surface area contributed by atoms with Gasteiger partial charge in [-0.3, -0.25) is 0 Å². The summed E-state index contributed by atoms with van der Waals surface area (Å²) in [7, 11) is 0. The van der Waals surface area contributed by atoms with E-state index in [1.165, 1.54) is 0 Å². The molecule has 0 N–H and O–H groups in total. The quantitative estimate of drug-likeness (QED) is 0.686. The molecule has 0 fully saturated rings. The first kappa shape index (κ1) is 14.6. The second-order valence-corrected chi connectivity index (χ2v) is 4.94. The zero-order chi connectivity index (χ0) is 11.8. The van der Waals surface area contributed by atoms with Crippen molar-refractivity contribution >= 4 is 23.2 Å². The Labute approximate surface area is 102 Å². The largest absolute Gasteiger partial charge is 0.491 e. The van der Waals surface area contributed by atoms with E-state index in [0.717, 1.165) is 10.8 Å². The minimum atomic E-state index is 0.219. The molecule has 0 saturated heterocycles. The van der Waals surface area contributed by atoms with Gasteiger partial charge < -0.3 is 4.74 Å². The van der Waals surface area contributed by atoms with Gasteiger partial charge in [0, 0.05) is 10.4 Å². The van der Waals surface area contributed by atoms with E-state index in [1.807, 2.05) is 52.0 Å². The maximum atomic E-state index is 5.69. The Balaban J connectivity index is 0.000000423. The summed E-state index contributed by atoms with van der Waals surface area (Å²) in [6.07, 6.45) is 0.219. The average Bonchev–Trinajstić information content (AvgIpc) is 2.07. The molecule has 0 amide bonds. The van der Waals surface area contributed by atoms with E-state index in [9.17, 15) is 0 Å². The summed E-state index contributed by atoms with van der Waals surface area (Å²) >= 11 is 11.0. The van der Waals surface area contributed by atoms with Crippen LogP contribution in [0.5, 0.6) is 5.75 Å². The van der Waals surface area contributed by atoms with Gasteiger partial charge in [-0.05, 0) is 52.0 Å². The van der Waals surface area contributed by atoms with Gasteiger partial charge >= 0.3 is 0 Å². The van der Waals surface area contributed by atoms with Crippen LogP contribution in [0.3, 0.4) is 0 Å². The van der Waals surface area contributed by atoms with Gasteiger partial charge in [-0.2, -0.15) is 0 Å². The van der Waals surface area contributed by atoms with Crippen LogP contribution in [-0.4, -0.2) is 11.5 Å². The molecule has 0 unspecified atom stereocenters. The summed E-state index contributed by atoms with van der Waals surface area (Å²) in [5.41, 5.74) is 0. The van der Waals surface area contributed by atoms with Crippen LogP contribution in [0.1, 0.15) is 27.7 Å². The van der Waals surface area contributed by atoms with Crippen LogP contribution in [0.2, 0.25) is 5.02 Å². The van der Waals surface area contributed by atoms with Gasteiger partial charge in [0.05, 0.1) is 6.10 Å². The third kappa shape index (κ3) is 9.89. The van der Waals surface area contributed by atoms with Crippen LogP contribution in [0.15, 0.2) is 24.3 Å². The SMILES string of the molecule is CC(C)Cl.CC(C)Oc1ccc(Cl)cc1. The first-order chi connectivity index (χ1) is 6.91. The van der Waals surface area contributed by atoms with Crippen molar-refractivity contribution in [2.45, 2.75) is 39.2 Å². The molecule has 0 heterocycles. The molecule has 3 heteroatoms. The van der Waals surface area contributed by atoms with Crippen LogP contribution >= 0.6 is 23.2 Å². The van der Waals surface area contributed by atoms with E-state index in [0.29, 0.717) is 5.38 Å². The van der Waals surface area contributed by atoms with Gasteiger partial charge in [-0.25, -0.2) is 0 Å². The van der Waals surface area contributed by atoms with Crippen LogP contribution in [0.4, 0.5) is 0 Å². The standard InChI is InChI=1S/C9H11ClO.C3H7Cl/c1-7(2)11-9-5-3-8(10)4-6-9;1-3(2)4/h3-7H,1-2H3;3H,1-2H3. The molecule has 0 aliphatic carbocycles. The summed E-state index contributed by atoms with van der Waals surface area (Å²) in [5.74, 6) is 0.865. The Morgan fingerprint density at radius 3 is 1.73 bits per heavy atom. The molecule has 86 valence electrons. The third-order valence-electron chi connectivity index (χ3n) is 1.19. The highest BCUT2D eigenvalue weighted by Crippen LogP contribution is 2.16. The predicted molar refractivity (Wildman–Crippen MR) is 68.2 cm³/mol. The summed E-state index contributed by atoms with van der Waals surface area (Å²) in [6, 6.07) is 7.36. The highest BCUT2D eigenvalue weighted by Gasteiger charge is 1.95. The number of rotatable bonds is 2. The van der Waals surface area contributed by atoms with Crippen molar-refractivity contribution < 1.29 is 4.74 Å². The minimum absolute atomic E-state index is 0.219. The lowest BCUT2D eigenvalue weighted by molar-refractivity contribution is 0.242. The molecule has 0 aromatic heterocycles. The monoisotopic (exact) mass is 248 g/mol. The van der Waals surface area contributed by atoms with Crippen LogP contribution in [0, 0.1) is 0 Å². The van der Waals surface area contributed by atoms with E-state index in [4.69, 9.17) is 27.9 Å². The van der Waals surface area contributed by atoms with Gasteiger partial charge in [0.1, 0.15) is 5.75 Å². The van der Waals surface area contributed by atoms with E-state index in [2.05, 4.69) is 0 Å². The van der Waals surface area contributed by atoms with Gasteiger partial charge in [-0.1, -0.05) is 11.6 Å². The van der Waals surface area contributed by atoms with Gasteiger partial charge in [0.2, 0.25) is 0 Å². The predicted octanol–water partition coefficient (Wildman–Crippen LogP) is 4.76. The van der Waals surface area contributed by atoms with Gasteiger partial charge in [0.25, 0.3) is 0 Å². The second-order valence-electron chi connectivity index (χ2n) is 3.63. The fraction of sp³-hybridized carbons (Fsp3) is 0.500. The lowest BCUT2D eigenvalue weighted by Gasteiger charge is -2.08. The topological polar surface area (TPSA) is 9.23 Å². The second kappa shape index (κ2) is 7.84. The fourth-order valence-corrected chi connectivity index (χ4v) is 0.911. The number of hydrogen-bond donors (Lipinski definition) is 0. The number of alkyl halides is 1. The summed E-state index contributed by atoms with van der Waals surface area (Å²) in [6.45, 7) is 7.85. The van der Waals surface area contributed by atoms with Crippen molar-refractivity contribution in [3.63, 3.8) is 0 Å². The first-order valence-corrected chi connectivity index (χ1v) is 5.79. The number of ether oxygens (including phenoxy) is 1. The van der Waals surface area contributed by atoms with E-state index >= 15 is 0 Å². The summed E-state index contributed by atoms with van der Waals surface area (Å²) in [5, 5.41) is 1.04. The molecule has 0 aliphatic rings. The Morgan fingerprint density at radius 1 is 1.00 bits per heavy atom. The van der Waals surface area contributed by atoms with E-state index in [1.54, 1.807) is 0 Å². The average molecular weight is 249 g/mol.